The molecule has 0 bridgehead atoms. The number of hydrogen-bond donors (Lipinski definition) is 1. The monoisotopic (exact) mass is 235 g/mol. The van der Waals surface area contributed by atoms with Crippen molar-refractivity contribution in [3.63, 3.8) is 0 Å². The lowest BCUT2D eigenvalue weighted by Crippen LogP contribution is -2.15. The number of nitrogens with one attached hydrogen (secondary N) is 1. The zero-order valence-electron chi connectivity index (χ0n) is 7.99. The Bertz CT molecular complexity index is 381. The molecule has 1 heterocycles. The molecule has 0 unspecified atom stereocenters. The molecular formula is C8H8F3N3O2. The Morgan fingerprint density at radius 1 is 1.50 bits per heavy atom. The Balaban J connectivity index is 2.64. The van der Waals surface area contributed by atoms with Crippen LogP contribution in [0.3, 0.4) is 0 Å². The molecule has 16 heavy (non-hydrogen) atoms. The normalized spacial score (nSPS) is 11.2. The molecule has 0 saturated carbocycles. The maximum absolute atomic E-state index is 11.8. The second-order valence-corrected chi connectivity index (χ2v) is 2.92. The van der Waals surface area contributed by atoms with E-state index in [2.05, 4.69) is 10.3 Å². The first-order valence-electron chi connectivity index (χ1n) is 4.30. The molecule has 0 atom stereocenters. The van der Waals surface area contributed by atoms with Gasteiger partial charge < -0.3 is 5.32 Å². The van der Waals surface area contributed by atoms with Crippen LogP contribution in [0.1, 0.15) is 6.42 Å². The highest BCUT2D eigenvalue weighted by atomic mass is 19.4. The zero-order valence-corrected chi connectivity index (χ0v) is 7.99. The molecular weight excluding hydrogens is 227 g/mol. The number of halogens is 3. The van der Waals surface area contributed by atoms with Crippen LogP contribution >= 0.6 is 0 Å². The molecule has 1 aromatic heterocycles. The summed E-state index contributed by atoms with van der Waals surface area (Å²) in [6, 6.07) is 2.51. The Kier molecular flexibility index (Phi) is 3.64. The summed E-state index contributed by atoms with van der Waals surface area (Å²) in [6.45, 7) is -0.443. The van der Waals surface area contributed by atoms with Gasteiger partial charge in [0.2, 0.25) is 5.82 Å². The summed E-state index contributed by atoms with van der Waals surface area (Å²) in [5.74, 6) is -0.156. The lowest BCUT2D eigenvalue weighted by atomic mass is 10.3. The van der Waals surface area contributed by atoms with E-state index in [9.17, 15) is 23.3 Å². The molecule has 0 radical (unpaired) electrons. The maximum Gasteiger partial charge on any atom is 0.390 e. The molecule has 1 N–H and O–H groups in total. The van der Waals surface area contributed by atoms with Gasteiger partial charge >= 0.3 is 11.9 Å². The predicted octanol–water partition coefficient (Wildman–Crippen LogP) is 2.35. The first-order valence-corrected chi connectivity index (χ1v) is 4.30. The van der Waals surface area contributed by atoms with Crippen molar-refractivity contribution in [3.05, 3.63) is 28.4 Å². The van der Waals surface area contributed by atoms with E-state index in [0.29, 0.717) is 0 Å². The van der Waals surface area contributed by atoms with Gasteiger partial charge in [0.25, 0.3) is 0 Å². The highest BCUT2D eigenvalue weighted by Gasteiger charge is 2.26. The van der Waals surface area contributed by atoms with Crippen molar-refractivity contribution in [3.8, 4) is 0 Å². The second kappa shape index (κ2) is 4.77. The fourth-order valence-corrected chi connectivity index (χ4v) is 1.00. The topological polar surface area (TPSA) is 68.1 Å². The van der Waals surface area contributed by atoms with Crippen LogP contribution in [0.2, 0.25) is 0 Å². The Hall–Kier alpha value is -1.86. The summed E-state index contributed by atoms with van der Waals surface area (Å²) in [6.07, 6.45) is -4.10. The van der Waals surface area contributed by atoms with E-state index in [1.807, 2.05) is 0 Å². The van der Waals surface area contributed by atoms with Gasteiger partial charge in [0, 0.05) is 18.8 Å². The van der Waals surface area contributed by atoms with Gasteiger partial charge in [-0.1, -0.05) is 0 Å². The highest BCUT2D eigenvalue weighted by Crippen LogP contribution is 2.22. The molecule has 0 aliphatic rings. The Morgan fingerprint density at radius 2 is 2.19 bits per heavy atom. The number of aromatic nitrogens is 1. The van der Waals surface area contributed by atoms with Crippen LogP contribution in [0, 0.1) is 10.1 Å². The van der Waals surface area contributed by atoms with E-state index in [1.54, 1.807) is 0 Å². The minimum atomic E-state index is -4.30. The van der Waals surface area contributed by atoms with E-state index in [1.165, 1.54) is 18.3 Å². The summed E-state index contributed by atoms with van der Waals surface area (Å²) < 4.78 is 35.5. The molecule has 5 nitrogen and oxygen atoms in total. The maximum atomic E-state index is 11.8. The average Bonchev–Trinajstić information content (AvgIpc) is 2.16. The van der Waals surface area contributed by atoms with Crippen molar-refractivity contribution < 1.29 is 18.1 Å². The number of alkyl halides is 3. The lowest BCUT2D eigenvalue weighted by Gasteiger charge is -2.07. The summed E-state index contributed by atoms with van der Waals surface area (Å²) >= 11 is 0. The zero-order chi connectivity index (χ0) is 12.2. The van der Waals surface area contributed by atoms with Gasteiger partial charge in [-0.2, -0.15) is 13.2 Å². The van der Waals surface area contributed by atoms with E-state index < -0.39 is 24.1 Å². The molecule has 0 saturated heterocycles. The molecule has 0 aliphatic carbocycles. The minimum Gasteiger partial charge on any atom is -0.364 e. The third-order valence-corrected chi connectivity index (χ3v) is 1.68. The Morgan fingerprint density at radius 3 is 2.75 bits per heavy atom. The fourth-order valence-electron chi connectivity index (χ4n) is 1.00. The van der Waals surface area contributed by atoms with E-state index in [-0.39, 0.29) is 11.5 Å². The van der Waals surface area contributed by atoms with E-state index in [4.69, 9.17) is 0 Å². The van der Waals surface area contributed by atoms with Crippen molar-refractivity contribution in [1.29, 1.82) is 0 Å². The third-order valence-electron chi connectivity index (χ3n) is 1.68. The van der Waals surface area contributed by atoms with Gasteiger partial charge in [-0.25, -0.2) is 4.98 Å². The van der Waals surface area contributed by atoms with Gasteiger partial charge in [-0.3, -0.25) is 10.1 Å². The average molecular weight is 235 g/mol. The molecule has 88 valence electrons. The smallest absolute Gasteiger partial charge is 0.364 e. The molecule has 0 fully saturated rings. The van der Waals surface area contributed by atoms with Gasteiger partial charge in [0.1, 0.15) is 0 Å². The van der Waals surface area contributed by atoms with Crippen LogP contribution in [0.25, 0.3) is 0 Å². The van der Waals surface area contributed by atoms with Crippen LogP contribution < -0.4 is 5.32 Å². The van der Waals surface area contributed by atoms with Crippen molar-refractivity contribution in [2.24, 2.45) is 0 Å². The van der Waals surface area contributed by atoms with Crippen molar-refractivity contribution in [2.75, 3.05) is 11.9 Å². The van der Waals surface area contributed by atoms with Crippen molar-refractivity contribution >= 4 is 11.5 Å². The largest absolute Gasteiger partial charge is 0.390 e. The van der Waals surface area contributed by atoms with Crippen molar-refractivity contribution in [1.82, 2.24) is 4.98 Å². The fraction of sp³-hybridized carbons (Fsp3) is 0.375. The standard InChI is InChI=1S/C8H8F3N3O2/c9-8(10,11)3-5-13-7-6(14(15)16)2-1-4-12-7/h1-2,4H,3,5H2,(H,12,13). The van der Waals surface area contributed by atoms with Crippen LogP contribution in [-0.4, -0.2) is 22.6 Å². The number of hydrogen-bond acceptors (Lipinski definition) is 4. The van der Waals surface area contributed by atoms with Crippen LogP contribution in [0.4, 0.5) is 24.7 Å². The van der Waals surface area contributed by atoms with E-state index >= 15 is 0 Å². The predicted molar refractivity (Wildman–Crippen MR) is 50.1 cm³/mol. The molecule has 1 rings (SSSR count). The highest BCUT2D eigenvalue weighted by molar-refractivity contribution is 5.54. The summed E-state index contributed by atoms with van der Waals surface area (Å²) in [7, 11) is 0. The molecule has 1 aromatic rings. The van der Waals surface area contributed by atoms with Gasteiger partial charge in [0.15, 0.2) is 0 Å². The van der Waals surface area contributed by atoms with Crippen LogP contribution in [0.5, 0.6) is 0 Å². The lowest BCUT2D eigenvalue weighted by molar-refractivity contribution is -0.384. The molecule has 0 amide bonds. The van der Waals surface area contributed by atoms with Crippen LogP contribution in [0.15, 0.2) is 18.3 Å². The van der Waals surface area contributed by atoms with Crippen molar-refractivity contribution in [2.45, 2.75) is 12.6 Å². The molecule has 8 heteroatoms. The number of pyridine rings is 1. The first-order chi connectivity index (χ1) is 7.40. The second-order valence-electron chi connectivity index (χ2n) is 2.92. The van der Waals surface area contributed by atoms with E-state index in [0.717, 1.165) is 0 Å². The number of rotatable bonds is 4. The molecule has 0 aliphatic heterocycles. The molecule has 0 spiro atoms. The van der Waals surface area contributed by atoms with Gasteiger partial charge in [0.05, 0.1) is 11.3 Å². The SMILES string of the molecule is O=[N+]([O-])c1cccnc1NCCC(F)(F)F. The minimum absolute atomic E-state index is 0.156. The quantitative estimate of drug-likeness (QED) is 0.642. The summed E-state index contributed by atoms with van der Waals surface area (Å²) in [4.78, 5) is 13.4. The number of nitrogens with zero attached hydrogens (tertiary/aromatic N) is 2. The Labute approximate surface area is 88.4 Å². The molecule has 0 aromatic carbocycles. The third kappa shape index (κ3) is 3.71. The van der Waals surface area contributed by atoms with Gasteiger partial charge in [-0.05, 0) is 6.07 Å². The number of anilines is 1. The van der Waals surface area contributed by atoms with Crippen LogP contribution in [-0.2, 0) is 0 Å². The summed E-state index contributed by atoms with van der Waals surface area (Å²) in [5.41, 5.74) is -0.343. The van der Waals surface area contributed by atoms with Gasteiger partial charge in [-0.15, -0.1) is 0 Å². The summed E-state index contributed by atoms with van der Waals surface area (Å²) in [5, 5.41) is 12.8. The number of nitro groups is 1. The first kappa shape index (κ1) is 12.2.